The third-order valence-electron chi connectivity index (χ3n) is 4.83. The maximum absolute atomic E-state index is 12.8. The average molecular weight is 477 g/mol. The van der Waals surface area contributed by atoms with Gasteiger partial charge in [-0.2, -0.15) is 0 Å². The number of hydrogen-bond acceptors (Lipinski definition) is 5. The Morgan fingerprint density at radius 1 is 1.30 bits per heavy atom. The molecule has 2 N–H and O–H groups in total. The minimum absolute atomic E-state index is 0.0255. The van der Waals surface area contributed by atoms with E-state index in [0.29, 0.717) is 25.2 Å². The van der Waals surface area contributed by atoms with Crippen LogP contribution in [0.5, 0.6) is 0 Å². The molecule has 1 aliphatic rings. The van der Waals surface area contributed by atoms with Crippen LogP contribution in [0.2, 0.25) is 0 Å². The summed E-state index contributed by atoms with van der Waals surface area (Å²) in [6.45, 7) is 6.33. The van der Waals surface area contributed by atoms with Crippen LogP contribution in [0.4, 0.5) is 10.5 Å². The van der Waals surface area contributed by atoms with E-state index in [0.717, 1.165) is 5.56 Å². The molecule has 8 nitrogen and oxygen atoms in total. The van der Waals surface area contributed by atoms with Crippen LogP contribution in [0.3, 0.4) is 0 Å². The quantitative estimate of drug-likeness (QED) is 0.656. The van der Waals surface area contributed by atoms with E-state index in [1.165, 1.54) is 4.90 Å². The van der Waals surface area contributed by atoms with E-state index in [1.54, 1.807) is 0 Å². The van der Waals surface area contributed by atoms with E-state index in [-0.39, 0.29) is 22.3 Å². The van der Waals surface area contributed by atoms with Crippen LogP contribution < -0.4 is 10.9 Å². The number of nitrogens with one attached hydrogen (secondary N) is 2. The van der Waals surface area contributed by atoms with Gasteiger partial charge in [0.1, 0.15) is 28.8 Å². The number of carbonyl (C=O) groups is 2. The minimum atomic E-state index is -0.707. The standard InChI is InChI=1S/C21H25BrN4O4/c1-21(2,3)19-24-16(22)15(18(28)25-19)23-17(27)14-10-7-11-26(14)20(29)30-12-13-8-5-4-6-9-13/h4-6,8-9,14H,7,10-12H2,1-3H3,(H,23,27)(H,24,25,28)/t14-/m1/s1. The Kier molecular flexibility index (Phi) is 6.60. The van der Waals surface area contributed by atoms with Gasteiger partial charge in [0.25, 0.3) is 5.56 Å². The van der Waals surface area contributed by atoms with Gasteiger partial charge in [-0.25, -0.2) is 9.78 Å². The molecule has 2 aromatic rings. The zero-order valence-corrected chi connectivity index (χ0v) is 18.8. The molecule has 9 heteroatoms. The summed E-state index contributed by atoms with van der Waals surface area (Å²) in [5, 5.41) is 2.62. The van der Waals surface area contributed by atoms with Gasteiger partial charge in [-0.3, -0.25) is 14.5 Å². The first-order chi connectivity index (χ1) is 14.2. The normalized spacial score (nSPS) is 16.4. The first-order valence-electron chi connectivity index (χ1n) is 9.75. The Hall–Kier alpha value is -2.68. The fourth-order valence-electron chi connectivity index (χ4n) is 3.18. The van der Waals surface area contributed by atoms with Gasteiger partial charge in [-0.15, -0.1) is 0 Å². The number of hydrogen-bond donors (Lipinski definition) is 2. The molecule has 0 aliphatic carbocycles. The third-order valence-corrected chi connectivity index (χ3v) is 5.40. The third kappa shape index (κ3) is 5.08. The van der Waals surface area contributed by atoms with Gasteiger partial charge in [0.15, 0.2) is 0 Å². The zero-order chi connectivity index (χ0) is 21.9. The molecule has 0 spiro atoms. The van der Waals surface area contributed by atoms with Crippen molar-refractivity contribution >= 4 is 33.6 Å². The second-order valence-electron chi connectivity index (χ2n) is 8.21. The van der Waals surface area contributed by atoms with E-state index in [2.05, 4.69) is 31.2 Å². The Bertz CT molecular complexity index is 985. The summed E-state index contributed by atoms with van der Waals surface area (Å²) in [7, 11) is 0. The highest BCUT2D eigenvalue weighted by molar-refractivity contribution is 9.10. The van der Waals surface area contributed by atoms with Gasteiger partial charge < -0.3 is 15.0 Å². The number of H-pyrrole nitrogens is 1. The number of aromatic amines is 1. The topological polar surface area (TPSA) is 104 Å². The van der Waals surface area contributed by atoms with Crippen LogP contribution >= 0.6 is 15.9 Å². The minimum Gasteiger partial charge on any atom is -0.445 e. The molecule has 1 aromatic carbocycles. The van der Waals surface area contributed by atoms with E-state index >= 15 is 0 Å². The number of amides is 2. The van der Waals surface area contributed by atoms with Crippen molar-refractivity contribution in [2.45, 2.75) is 51.7 Å². The van der Waals surface area contributed by atoms with Crippen molar-refractivity contribution in [3.63, 3.8) is 0 Å². The van der Waals surface area contributed by atoms with E-state index < -0.39 is 23.6 Å². The van der Waals surface area contributed by atoms with Gasteiger partial charge >= 0.3 is 6.09 Å². The van der Waals surface area contributed by atoms with Gasteiger partial charge in [-0.05, 0) is 34.3 Å². The van der Waals surface area contributed by atoms with Crippen LogP contribution in [0.15, 0.2) is 39.7 Å². The summed E-state index contributed by atoms with van der Waals surface area (Å²) in [6, 6.07) is 8.63. The second-order valence-corrected chi connectivity index (χ2v) is 8.96. The molecule has 1 aromatic heterocycles. The molecule has 3 rings (SSSR count). The molecule has 1 aliphatic heterocycles. The maximum atomic E-state index is 12.8. The summed E-state index contributed by atoms with van der Waals surface area (Å²) < 4.78 is 5.61. The molecule has 1 fully saturated rings. The lowest BCUT2D eigenvalue weighted by Gasteiger charge is -2.23. The van der Waals surface area contributed by atoms with Gasteiger partial charge in [0, 0.05) is 12.0 Å². The van der Waals surface area contributed by atoms with Gasteiger partial charge in [0.05, 0.1) is 0 Å². The Labute approximate surface area is 183 Å². The monoisotopic (exact) mass is 476 g/mol. The largest absolute Gasteiger partial charge is 0.445 e. The molecule has 0 radical (unpaired) electrons. The van der Waals surface area contributed by atoms with Crippen molar-refractivity contribution in [2.75, 3.05) is 11.9 Å². The van der Waals surface area contributed by atoms with Crippen LogP contribution in [0.25, 0.3) is 0 Å². The summed E-state index contributed by atoms with van der Waals surface area (Å²) >= 11 is 3.27. The van der Waals surface area contributed by atoms with Crippen molar-refractivity contribution in [2.24, 2.45) is 0 Å². The first-order valence-corrected chi connectivity index (χ1v) is 10.5. The summed E-state index contributed by atoms with van der Waals surface area (Å²) in [5.41, 5.74) is 0.0880. The molecular formula is C21H25BrN4O4. The molecule has 2 amide bonds. The zero-order valence-electron chi connectivity index (χ0n) is 17.2. The molecule has 0 saturated carbocycles. The van der Waals surface area contributed by atoms with Crippen molar-refractivity contribution in [1.29, 1.82) is 0 Å². The van der Waals surface area contributed by atoms with Crippen molar-refractivity contribution < 1.29 is 14.3 Å². The van der Waals surface area contributed by atoms with Gasteiger partial charge in [-0.1, -0.05) is 51.1 Å². The number of rotatable bonds is 4. The predicted octanol–water partition coefficient (Wildman–Crippen LogP) is 3.57. The summed E-state index contributed by atoms with van der Waals surface area (Å²) in [5.74, 6) is 0.0602. The van der Waals surface area contributed by atoms with Crippen LogP contribution in [-0.4, -0.2) is 39.5 Å². The number of likely N-dealkylation sites (tertiary alicyclic amines) is 1. The summed E-state index contributed by atoms with van der Waals surface area (Å²) in [4.78, 5) is 46.3. The highest BCUT2D eigenvalue weighted by atomic mass is 79.9. The fourth-order valence-corrected chi connectivity index (χ4v) is 3.63. The highest BCUT2D eigenvalue weighted by Gasteiger charge is 2.36. The lowest BCUT2D eigenvalue weighted by molar-refractivity contribution is -0.120. The smallest absolute Gasteiger partial charge is 0.410 e. The predicted molar refractivity (Wildman–Crippen MR) is 116 cm³/mol. The summed E-state index contributed by atoms with van der Waals surface area (Å²) in [6.07, 6.45) is 0.623. The van der Waals surface area contributed by atoms with Crippen molar-refractivity contribution in [3.8, 4) is 0 Å². The Balaban J connectivity index is 1.69. The van der Waals surface area contributed by atoms with Gasteiger partial charge in [0.2, 0.25) is 5.91 Å². The number of anilines is 1. The Morgan fingerprint density at radius 2 is 2.00 bits per heavy atom. The van der Waals surface area contributed by atoms with Crippen molar-refractivity contribution in [3.05, 3.63) is 56.7 Å². The fraction of sp³-hybridized carbons (Fsp3) is 0.429. The van der Waals surface area contributed by atoms with E-state index in [4.69, 9.17) is 4.74 Å². The molecule has 1 saturated heterocycles. The number of benzene rings is 1. The molecule has 0 bridgehead atoms. The van der Waals surface area contributed by atoms with Crippen LogP contribution in [-0.2, 0) is 21.6 Å². The maximum Gasteiger partial charge on any atom is 0.410 e. The lowest BCUT2D eigenvalue weighted by Crippen LogP contribution is -2.44. The molecule has 2 heterocycles. The SMILES string of the molecule is CC(C)(C)c1nc(Br)c(NC(=O)[C@H]2CCCN2C(=O)OCc2ccccc2)c(=O)[nH]1. The number of ether oxygens (including phenoxy) is 1. The first kappa shape index (κ1) is 22.0. The number of aromatic nitrogens is 2. The van der Waals surface area contributed by atoms with Crippen molar-refractivity contribution in [1.82, 2.24) is 14.9 Å². The van der Waals surface area contributed by atoms with E-state index in [1.807, 2.05) is 51.1 Å². The Morgan fingerprint density at radius 3 is 2.63 bits per heavy atom. The lowest BCUT2D eigenvalue weighted by atomic mass is 9.96. The highest BCUT2D eigenvalue weighted by Crippen LogP contribution is 2.24. The number of nitrogens with zero attached hydrogens (tertiary/aromatic N) is 2. The molecular weight excluding hydrogens is 452 g/mol. The average Bonchev–Trinajstić information content (AvgIpc) is 3.19. The number of halogens is 1. The molecule has 30 heavy (non-hydrogen) atoms. The van der Waals surface area contributed by atoms with E-state index in [9.17, 15) is 14.4 Å². The number of carbonyl (C=O) groups excluding carboxylic acids is 2. The molecule has 1 atom stereocenters. The molecule has 0 unspecified atom stereocenters. The van der Waals surface area contributed by atoms with Crippen LogP contribution in [0.1, 0.15) is 45.0 Å². The second kappa shape index (κ2) is 8.99. The molecule has 160 valence electrons. The van der Waals surface area contributed by atoms with Crippen LogP contribution in [0, 0.1) is 0 Å².